The van der Waals surface area contributed by atoms with Crippen molar-refractivity contribution >= 4 is 22.4 Å². The molecule has 10 heteroatoms. The maximum atomic E-state index is 13.3. The molecule has 0 radical (unpaired) electrons. The van der Waals surface area contributed by atoms with Crippen LogP contribution in [0.4, 0.5) is 24.7 Å². The van der Waals surface area contributed by atoms with Gasteiger partial charge in [-0.3, -0.25) is 0 Å². The van der Waals surface area contributed by atoms with E-state index in [2.05, 4.69) is 41.2 Å². The first kappa shape index (κ1) is 26.8. The molecule has 3 aromatic rings. The van der Waals surface area contributed by atoms with E-state index >= 15 is 0 Å². The van der Waals surface area contributed by atoms with Crippen molar-refractivity contribution in [2.75, 3.05) is 38.9 Å². The summed E-state index contributed by atoms with van der Waals surface area (Å²) in [4.78, 5) is 11.3. The number of hydrogen-bond acceptors (Lipinski definition) is 7. The summed E-state index contributed by atoms with van der Waals surface area (Å²) < 4.78 is 51.9. The number of nitrogen functional groups attached to an aromatic ring is 1. The molecule has 2 aromatic carbocycles. The van der Waals surface area contributed by atoms with Gasteiger partial charge in [0.1, 0.15) is 11.6 Å². The Balaban J connectivity index is 1.67. The molecule has 3 N–H and O–H groups in total. The van der Waals surface area contributed by atoms with Gasteiger partial charge >= 0.3 is 6.18 Å². The number of nitrogens with one attached hydrogen (secondary N) is 1. The lowest BCUT2D eigenvalue weighted by Gasteiger charge is -2.29. The fraction of sp³-hybridized carbons (Fsp3) is 0.481. The van der Waals surface area contributed by atoms with Gasteiger partial charge in [0.25, 0.3) is 0 Å². The molecule has 0 spiro atoms. The summed E-state index contributed by atoms with van der Waals surface area (Å²) in [5, 5.41) is 3.93. The van der Waals surface area contributed by atoms with Crippen molar-refractivity contribution in [3.8, 4) is 11.5 Å². The molecule has 0 amide bonds. The van der Waals surface area contributed by atoms with Crippen molar-refractivity contribution in [2.24, 2.45) is 5.41 Å². The number of methoxy groups -OCH3 is 1. The van der Waals surface area contributed by atoms with E-state index in [4.69, 9.17) is 15.2 Å². The number of benzene rings is 2. The van der Waals surface area contributed by atoms with E-state index in [1.54, 1.807) is 27.0 Å². The number of ether oxygens (including phenoxy) is 2. The average molecular weight is 518 g/mol. The van der Waals surface area contributed by atoms with Gasteiger partial charge in [0.15, 0.2) is 11.5 Å². The first-order valence-electron chi connectivity index (χ1n) is 12.2. The number of fused-ring (bicyclic) bond motifs is 1. The highest BCUT2D eigenvalue weighted by molar-refractivity contribution is 5.92. The molecule has 7 nitrogen and oxygen atoms in total. The Labute approximate surface area is 215 Å². The third kappa shape index (κ3) is 5.69. The fourth-order valence-electron chi connectivity index (χ4n) is 4.63. The van der Waals surface area contributed by atoms with Crippen LogP contribution in [-0.2, 0) is 6.18 Å². The van der Waals surface area contributed by atoms with E-state index in [1.807, 2.05) is 6.07 Å². The third-order valence-electron chi connectivity index (χ3n) is 7.32. The number of aryl methyl sites for hydroxylation is 1. The molecule has 0 bridgehead atoms. The lowest BCUT2D eigenvalue weighted by Crippen LogP contribution is -2.37. The summed E-state index contributed by atoms with van der Waals surface area (Å²) in [6.07, 6.45) is -2.31. The number of halogens is 3. The lowest BCUT2D eigenvalue weighted by atomic mass is 9.98. The smallest absolute Gasteiger partial charge is 0.416 e. The second kappa shape index (κ2) is 9.89. The number of alkyl halides is 3. The molecule has 4 rings (SSSR count). The highest BCUT2D eigenvalue weighted by Crippen LogP contribution is 2.51. The maximum Gasteiger partial charge on any atom is 0.416 e. The van der Waals surface area contributed by atoms with Gasteiger partial charge in [-0.05, 0) is 77.5 Å². The van der Waals surface area contributed by atoms with E-state index in [0.717, 1.165) is 25.0 Å². The molecule has 0 aliphatic heterocycles. The molecule has 0 saturated heterocycles. The van der Waals surface area contributed by atoms with Crippen molar-refractivity contribution in [3.05, 3.63) is 47.3 Å². The monoisotopic (exact) mass is 517 g/mol. The molecule has 1 heterocycles. The third-order valence-corrected chi connectivity index (χ3v) is 7.32. The molecule has 1 aliphatic rings. The standard InChI is InChI=1S/C27H34F3N5O2/c1-15(18-9-19(27(28,29)30)11-20(31)10-18)32-25-21-12-24(23(36-6)13-22(21)33-17(3)34-25)37-14-26(7-8-26)16(2)35(4)5/h9-13,15-16H,7-8,14,31H2,1-6H3,(H,32,33,34)/t15-,16+/m1/s1. The lowest BCUT2D eigenvalue weighted by molar-refractivity contribution is -0.137. The minimum Gasteiger partial charge on any atom is -0.493 e. The summed E-state index contributed by atoms with van der Waals surface area (Å²) in [7, 11) is 5.72. The Morgan fingerprint density at radius 1 is 1.08 bits per heavy atom. The highest BCUT2D eigenvalue weighted by Gasteiger charge is 2.49. The SMILES string of the molecule is COc1cc2nc(C)nc(N[C@H](C)c3cc(N)cc(C(F)(F)F)c3)c2cc1OCC1([C@H](C)N(C)C)CC1. The molecule has 1 aromatic heterocycles. The van der Waals surface area contributed by atoms with E-state index < -0.39 is 17.8 Å². The zero-order valence-corrected chi connectivity index (χ0v) is 22.0. The molecule has 2 atom stereocenters. The fourth-order valence-corrected chi connectivity index (χ4v) is 4.63. The molecule has 1 aliphatic carbocycles. The molecule has 200 valence electrons. The largest absolute Gasteiger partial charge is 0.493 e. The van der Waals surface area contributed by atoms with E-state index in [1.165, 1.54) is 6.07 Å². The Kier molecular flexibility index (Phi) is 7.16. The van der Waals surface area contributed by atoms with Crippen molar-refractivity contribution in [1.29, 1.82) is 0 Å². The molecule has 1 saturated carbocycles. The van der Waals surface area contributed by atoms with E-state index in [9.17, 15) is 13.2 Å². The Morgan fingerprint density at radius 2 is 1.78 bits per heavy atom. The number of nitrogens with zero attached hydrogens (tertiary/aromatic N) is 3. The summed E-state index contributed by atoms with van der Waals surface area (Å²) >= 11 is 0. The molecule has 37 heavy (non-hydrogen) atoms. The second-order valence-corrected chi connectivity index (χ2v) is 10.2. The highest BCUT2D eigenvalue weighted by atomic mass is 19.4. The minimum absolute atomic E-state index is 0.0450. The van der Waals surface area contributed by atoms with Crippen LogP contribution in [0.25, 0.3) is 10.9 Å². The first-order valence-corrected chi connectivity index (χ1v) is 12.2. The topological polar surface area (TPSA) is 85.5 Å². The van der Waals surface area contributed by atoms with Gasteiger partial charge in [-0.1, -0.05) is 0 Å². The van der Waals surface area contributed by atoms with Crippen LogP contribution in [0.2, 0.25) is 0 Å². The summed E-state index contributed by atoms with van der Waals surface area (Å²) in [5.74, 6) is 2.13. The first-order chi connectivity index (χ1) is 17.3. The summed E-state index contributed by atoms with van der Waals surface area (Å²) in [5.41, 5.74) is 6.16. The number of aromatic nitrogens is 2. The zero-order chi connectivity index (χ0) is 27.1. The molecular weight excluding hydrogens is 483 g/mol. The van der Waals surface area contributed by atoms with Gasteiger partial charge in [0, 0.05) is 28.6 Å². The van der Waals surface area contributed by atoms with Crippen LogP contribution in [0.5, 0.6) is 11.5 Å². The van der Waals surface area contributed by atoms with Gasteiger partial charge in [-0.15, -0.1) is 0 Å². The maximum absolute atomic E-state index is 13.3. The molecule has 0 unspecified atom stereocenters. The Hall–Kier alpha value is -3.27. The zero-order valence-electron chi connectivity index (χ0n) is 22.0. The predicted molar refractivity (Wildman–Crippen MR) is 139 cm³/mol. The normalized spacial score (nSPS) is 16.5. The average Bonchev–Trinajstić information content (AvgIpc) is 3.61. The van der Waals surface area contributed by atoms with Crippen LogP contribution in [0.1, 0.15) is 49.7 Å². The van der Waals surface area contributed by atoms with Crippen LogP contribution in [0.3, 0.4) is 0 Å². The predicted octanol–water partition coefficient (Wildman–Crippen LogP) is 5.83. The van der Waals surface area contributed by atoms with Crippen molar-refractivity contribution in [1.82, 2.24) is 14.9 Å². The van der Waals surface area contributed by atoms with Gasteiger partial charge in [0.2, 0.25) is 0 Å². The van der Waals surface area contributed by atoms with Crippen LogP contribution in [-0.4, -0.2) is 48.7 Å². The van der Waals surface area contributed by atoms with Crippen molar-refractivity contribution in [2.45, 2.75) is 51.9 Å². The Morgan fingerprint density at radius 3 is 2.38 bits per heavy atom. The van der Waals surface area contributed by atoms with Crippen LogP contribution >= 0.6 is 0 Å². The quantitative estimate of drug-likeness (QED) is 0.346. The van der Waals surface area contributed by atoms with Gasteiger partial charge in [0.05, 0.1) is 30.8 Å². The van der Waals surface area contributed by atoms with Gasteiger partial charge in [-0.2, -0.15) is 13.2 Å². The van der Waals surface area contributed by atoms with Crippen molar-refractivity contribution < 1.29 is 22.6 Å². The van der Waals surface area contributed by atoms with Crippen LogP contribution in [0.15, 0.2) is 30.3 Å². The number of nitrogens with two attached hydrogens (primary N) is 1. The molecule has 1 fully saturated rings. The van der Waals surface area contributed by atoms with Crippen LogP contribution in [0, 0.1) is 12.3 Å². The van der Waals surface area contributed by atoms with Gasteiger partial charge < -0.3 is 25.4 Å². The van der Waals surface area contributed by atoms with E-state index in [0.29, 0.717) is 52.3 Å². The summed E-state index contributed by atoms with van der Waals surface area (Å²) in [6.45, 7) is 6.27. The van der Waals surface area contributed by atoms with Crippen LogP contribution < -0.4 is 20.5 Å². The van der Waals surface area contributed by atoms with Gasteiger partial charge in [-0.25, -0.2) is 9.97 Å². The number of rotatable bonds is 9. The minimum atomic E-state index is -4.49. The molecular formula is C27H34F3N5O2. The second-order valence-electron chi connectivity index (χ2n) is 10.2. The van der Waals surface area contributed by atoms with Crippen molar-refractivity contribution in [3.63, 3.8) is 0 Å². The number of anilines is 2. The summed E-state index contributed by atoms with van der Waals surface area (Å²) in [6, 6.07) is 7.04. The Bertz CT molecular complexity index is 1290. The van der Waals surface area contributed by atoms with E-state index in [-0.39, 0.29) is 11.1 Å². The number of hydrogen-bond donors (Lipinski definition) is 2.